The van der Waals surface area contributed by atoms with Gasteiger partial charge in [-0.15, -0.1) is 0 Å². The van der Waals surface area contributed by atoms with Gasteiger partial charge in [-0.05, 0) is 18.2 Å². The Morgan fingerprint density at radius 1 is 1.19 bits per heavy atom. The van der Waals surface area contributed by atoms with E-state index in [2.05, 4.69) is 5.32 Å². The third-order valence-electron chi connectivity index (χ3n) is 1.71. The number of benzene rings is 1. The molecule has 0 saturated carbocycles. The third kappa shape index (κ3) is 3.41. The fraction of sp³-hybridized carbons (Fsp3) is 0.100. The molecule has 1 aromatic carbocycles. The number of rotatable bonds is 4. The summed E-state index contributed by atoms with van der Waals surface area (Å²) in [4.78, 5) is 31.9. The van der Waals surface area contributed by atoms with Gasteiger partial charge in [0.15, 0.2) is 0 Å². The third-order valence-corrected chi connectivity index (χ3v) is 1.71. The van der Waals surface area contributed by atoms with E-state index in [1.54, 1.807) is 0 Å². The van der Waals surface area contributed by atoms with Gasteiger partial charge in [0.25, 0.3) is 0 Å². The van der Waals surface area contributed by atoms with Crippen molar-refractivity contribution in [2.24, 2.45) is 0 Å². The van der Waals surface area contributed by atoms with Gasteiger partial charge < -0.3 is 15.5 Å². The predicted molar refractivity (Wildman–Crippen MR) is 54.3 cm³/mol. The van der Waals surface area contributed by atoms with E-state index in [1.165, 1.54) is 24.3 Å². The van der Waals surface area contributed by atoms with Crippen molar-refractivity contribution in [3.05, 3.63) is 29.8 Å². The molecule has 0 fully saturated rings. The molecule has 1 rings (SSSR count). The van der Waals surface area contributed by atoms with Crippen molar-refractivity contribution < 1.29 is 24.6 Å². The second-order valence-corrected chi connectivity index (χ2v) is 3.00. The number of carbonyl (C=O) groups is 3. The van der Waals surface area contributed by atoms with Crippen LogP contribution in [0.5, 0.6) is 0 Å². The van der Waals surface area contributed by atoms with Crippen LogP contribution in [0.4, 0.5) is 5.69 Å². The second-order valence-electron chi connectivity index (χ2n) is 3.00. The fourth-order valence-corrected chi connectivity index (χ4v) is 1.07. The van der Waals surface area contributed by atoms with Crippen molar-refractivity contribution in [1.82, 2.24) is 0 Å². The monoisotopic (exact) mass is 223 g/mol. The van der Waals surface area contributed by atoms with Gasteiger partial charge in [0.2, 0.25) is 5.91 Å². The van der Waals surface area contributed by atoms with E-state index in [-0.39, 0.29) is 11.3 Å². The smallest absolute Gasteiger partial charge is 0.335 e. The van der Waals surface area contributed by atoms with E-state index < -0.39 is 24.3 Å². The lowest BCUT2D eigenvalue weighted by Gasteiger charge is -2.03. The van der Waals surface area contributed by atoms with Crippen LogP contribution in [0.15, 0.2) is 24.3 Å². The SMILES string of the molecule is O=C(O)CC(=O)Nc1cccc(C(=O)O)c1. The maximum Gasteiger partial charge on any atom is 0.335 e. The van der Waals surface area contributed by atoms with Gasteiger partial charge in [0.05, 0.1) is 5.56 Å². The molecule has 0 bridgehead atoms. The highest BCUT2D eigenvalue weighted by Crippen LogP contribution is 2.10. The Kier molecular flexibility index (Phi) is 3.60. The first-order valence-electron chi connectivity index (χ1n) is 4.34. The average molecular weight is 223 g/mol. The van der Waals surface area contributed by atoms with Crippen molar-refractivity contribution in [3.8, 4) is 0 Å². The molecule has 0 aliphatic carbocycles. The maximum atomic E-state index is 11.1. The average Bonchev–Trinajstić information content (AvgIpc) is 2.16. The molecule has 0 radical (unpaired) electrons. The van der Waals surface area contributed by atoms with Gasteiger partial charge in [-0.3, -0.25) is 9.59 Å². The Bertz CT molecular complexity index is 441. The Hall–Kier alpha value is -2.37. The fourth-order valence-electron chi connectivity index (χ4n) is 1.07. The standard InChI is InChI=1S/C10H9NO5/c12-8(5-9(13)14)11-7-3-1-2-6(4-7)10(15)16/h1-4H,5H2,(H,11,12)(H,13,14)(H,15,16). The number of carbonyl (C=O) groups excluding carboxylic acids is 1. The minimum atomic E-state index is -1.24. The highest BCUT2D eigenvalue weighted by Gasteiger charge is 2.09. The van der Waals surface area contributed by atoms with Crippen LogP contribution in [0.3, 0.4) is 0 Å². The van der Waals surface area contributed by atoms with Crippen LogP contribution in [-0.2, 0) is 9.59 Å². The van der Waals surface area contributed by atoms with Crippen LogP contribution < -0.4 is 5.32 Å². The topological polar surface area (TPSA) is 104 Å². The first-order valence-corrected chi connectivity index (χ1v) is 4.34. The number of amides is 1. The molecular weight excluding hydrogens is 214 g/mol. The number of nitrogens with one attached hydrogen (secondary N) is 1. The molecule has 16 heavy (non-hydrogen) atoms. The predicted octanol–water partition coefficient (Wildman–Crippen LogP) is 0.798. The van der Waals surface area contributed by atoms with Crippen molar-refractivity contribution in [3.63, 3.8) is 0 Å². The second kappa shape index (κ2) is 4.92. The van der Waals surface area contributed by atoms with Crippen LogP contribution in [0, 0.1) is 0 Å². The number of aromatic carboxylic acids is 1. The maximum absolute atomic E-state index is 11.1. The number of carboxylic acid groups (broad SMARTS) is 2. The molecule has 0 atom stereocenters. The number of hydrogen-bond acceptors (Lipinski definition) is 3. The van der Waals surface area contributed by atoms with Gasteiger partial charge in [-0.1, -0.05) is 6.07 Å². The van der Waals surface area contributed by atoms with Gasteiger partial charge in [-0.25, -0.2) is 4.79 Å². The van der Waals surface area contributed by atoms with E-state index in [0.717, 1.165) is 0 Å². The lowest BCUT2D eigenvalue weighted by atomic mass is 10.2. The van der Waals surface area contributed by atoms with E-state index in [1.807, 2.05) is 0 Å². The summed E-state index contributed by atoms with van der Waals surface area (Å²) in [6.45, 7) is 0. The lowest BCUT2D eigenvalue weighted by Crippen LogP contribution is -2.16. The van der Waals surface area contributed by atoms with Crippen molar-refractivity contribution in [2.75, 3.05) is 5.32 Å². The van der Waals surface area contributed by atoms with E-state index in [4.69, 9.17) is 10.2 Å². The van der Waals surface area contributed by atoms with Crippen molar-refractivity contribution in [2.45, 2.75) is 6.42 Å². The Morgan fingerprint density at radius 3 is 2.44 bits per heavy atom. The highest BCUT2D eigenvalue weighted by atomic mass is 16.4. The summed E-state index contributed by atoms with van der Waals surface area (Å²) in [5.41, 5.74) is 0.277. The summed E-state index contributed by atoms with van der Waals surface area (Å²) < 4.78 is 0. The molecule has 3 N–H and O–H groups in total. The summed E-state index contributed by atoms with van der Waals surface area (Å²) in [6.07, 6.45) is -0.655. The first kappa shape index (κ1) is 11.7. The zero-order valence-electron chi connectivity index (χ0n) is 8.14. The zero-order chi connectivity index (χ0) is 12.1. The van der Waals surface area contributed by atoms with Crippen LogP contribution in [-0.4, -0.2) is 28.1 Å². The molecule has 84 valence electrons. The Labute approximate surface area is 90.5 Å². The summed E-state index contributed by atoms with van der Waals surface area (Å²) in [5.74, 6) is -3.06. The van der Waals surface area contributed by atoms with Crippen molar-refractivity contribution in [1.29, 1.82) is 0 Å². The quantitative estimate of drug-likeness (QED) is 0.655. The molecular formula is C10H9NO5. The van der Waals surface area contributed by atoms with E-state index in [9.17, 15) is 14.4 Å². The highest BCUT2D eigenvalue weighted by molar-refractivity contribution is 6.01. The Morgan fingerprint density at radius 2 is 1.88 bits per heavy atom. The van der Waals surface area contributed by atoms with Crippen LogP contribution in [0.25, 0.3) is 0 Å². The van der Waals surface area contributed by atoms with E-state index in [0.29, 0.717) is 0 Å². The summed E-state index contributed by atoms with van der Waals surface area (Å²) in [6, 6.07) is 5.56. The van der Waals surface area contributed by atoms with Gasteiger partial charge >= 0.3 is 11.9 Å². The molecule has 0 aliphatic heterocycles. The Balaban J connectivity index is 2.74. The number of aliphatic carboxylic acids is 1. The lowest BCUT2D eigenvalue weighted by molar-refractivity contribution is -0.139. The molecule has 6 nitrogen and oxygen atoms in total. The van der Waals surface area contributed by atoms with Crippen LogP contribution in [0.1, 0.15) is 16.8 Å². The molecule has 0 heterocycles. The molecule has 0 unspecified atom stereocenters. The zero-order valence-corrected chi connectivity index (χ0v) is 8.14. The van der Waals surface area contributed by atoms with Gasteiger partial charge in [-0.2, -0.15) is 0 Å². The summed E-state index contributed by atoms with van der Waals surface area (Å²) in [7, 11) is 0. The molecule has 0 saturated heterocycles. The van der Waals surface area contributed by atoms with Crippen molar-refractivity contribution >= 4 is 23.5 Å². The van der Waals surface area contributed by atoms with Crippen LogP contribution >= 0.6 is 0 Å². The minimum absolute atomic E-state index is 0.0214. The molecule has 0 spiro atoms. The van der Waals surface area contributed by atoms with Crippen LogP contribution in [0.2, 0.25) is 0 Å². The molecule has 1 aromatic rings. The number of carboxylic acids is 2. The molecule has 1 amide bonds. The summed E-state index contributed by atoms with van der Waals surface area (Å²) >= 11 is 0. The van der Waals surface area contributed by atoms with Gasteiger partial charge in [0.1, 0.15) is 6.42 Å². The first-order chi connectivity index (χ1) is 7.49. The number of anilines is 1. The molecule has 6 heteroatoms. The largest absolute Gasteiger partial charge is 0.481 e. The number of hydrogen-bond donors (Lipinski definition) is 3. The summed E-state index contributed by atoms with van der Waals surface area (Å²) in [5, 5.41) is 19.3. The molecule has 0 aliphatic rings. The van der Waals surface area contributed by atoms with E-state index >= 15 is 0 Å². The minimum Gasteiger partial charge on any atom is -0.481 e. The van der Waals surface area contributed by atoms with Gasteiger partial charge in [0, 0.05) is 5.69 Å². The molecule has 0 aromatic heterocycles. The normalized spacial score (nSPS) is 9.50.